The standard InChI is InChI=1S/C9H12F2O4.2C8H9F3N2O2.CH6N2/c1-3-14-5-6(7(12)8(10)11)9(13)15-4-2;1-3-15-7(14)5-4-13(2)12-6(5)8(9,10)11;1-3-15-7(14)5-4-12-13(2)6(5)8(9,10)11;1-3-2/h5,8H,3-4H2,1-2H3;2*4H,3H2,1-2H3;3H,2H2,1H3. The molecule has 0 radical (unpaired) electrons. The van der Waals surface area contributed by atoms with Crippen molar-refractivity contribution < 1.29 is 73.2 Å². The Hall–Kier alpha value is -4.60. The van der Waals surface area contributed by atoms with E-state index in [4.69, 9.17) is 0 Å². The van der Waals surface area contributed by atoms with Crippen LogP contribution in [0.5, 0.6) is 0 Å². The van der Waals surface area contributed by atoms with E-state index in [2.05, 4.69) is 40.4 Å². The summed E-state index contributed by atoms with van der Waals surface area (Å²) in [4.78, 5) is 44.2. The number of Topliss-reactive ketones (excluding diaryl/α,β-unsaturated/α-hetero) is 1. The Bertz CT molecular complexity index is 1320. The lowest BCUT2D eigenvalue weighted by Crippen LogP contribution is -2.21. The number of halogens is 8. The minimum Gasteiger partial charge on any atom is -0.500 e. The number of aromatic nitrogens is 4. The van der Waals surface area contributed by atoms with Gasteiger partial charge in [0.15, 0.2) is 11.4 Å². The van der Waals surface area contributed by atoms with Crippen molar-refractivity contribution in [1.82, 2.24) is 25.0 Å². The Morgan fingerprint density at radius 2 is 1.35 bits per heavy atom. The van der Waals surface area contributed by atoms with E-state index in [1.807, 2.05) is 0 Å². The monoisotopic (exact) mass is 712 g/mol. The highest BCUT2D eigenvalue weighted by Gasteiger charge is 2.40. The van der Waals surface area contributed by atoms with Gasteiger partial charge in [-0.3, -0.25) is 25.4 Å². The minimum absolute atomic E-state index is 0.00117. The molecule has 0 amide bonds. The molecule has 0 saturated carbocycles. The summed E-state index contributed by atoms with van der Waals surface area (Å²) in [6.45, 7) is 6.33. The number of carbonyl (C=O) groups excluding carboxylic acids is 4. The van der Waals surface area contributed by atoms with Gasteiger partial charge < -0.3 is 18.9 Å². The maximum atomic E-state index is 12.5. The van der Waals surface area contributed by atoms with E-state index in [0.717, 1.165) is 24.1 Å². The fourth-order valence-corrected chi connectivity index (χ4v) is 2.89. The van der Waals surface area contributed by atoms with Crippen molar-refractivity contribution in [2.45, 2.75) is 46.5 Å². The molecular formula is C26H36F8N6O8. The second-order valence-electron chi connectivity index (χ2n) is 8.19. The Morgan fingerprint density at radius 3 is 1.75 bits per heavy atom. The van der Waals surface area contributed by atoms with Crippen LogP contribution in [0.3, 0.4) is 0 Å². The molecule has 0 unspecified atom stereocenters. The van der Waals surface area contributed by atoms with Crippen LogP contribution >= 0.6 is 0 Å². The first-order chi connectivity index (χ1) is 22.2. The Balaban J connectivity index is 0. The van der Waals surface area contributed by atoms with Gasteiger partial charge >= 0.3 is 36.7 Å². The predicted molar refractivity (Wildman–Crippen MR) is 149 cm³/mol. The molecule has 0 aliphatic rings. The minimum atomic E-state index is -4.65. The molecule has 0 aliphatic heterocycles. The molecule has 2 rings (SSSR count). The van der Waals surface area contributed by atoms with E-state index in [1.54, 1.807) is 14.0 Å². The van der Waals surface area contributed by atoms with E-state index < -0.39 is 70.6 Å². The number of esters is 3. The third-order valence-corrected chi connectivity index (χ3v) is 4.62. The molecule has 3 N–H and O–H groups in total. The van der Waals surface area contributed by atoms with Crippen LogP contribution in [0.4, 0.5) is 35.1 Å². The smallest absolute Gasteiger partial charge is 0.436 e. The average Bonchev–Trinajstić information content (AvgIpc) is 3.58. The summed E-state index contributed by atoms with van der Waals surface area (Å²) in [7, 11) is 4.07. The van der Waals surface area contributed by atoms with Crippen LogP contribution < -0.4 is 11.3 Å². The van der Waals surface area contributed by atoms with Crippen molar-refractivity contribution >= 4 is 23.7 Å². The van der Waals surface area contributed by atoms with Gasteiger partial charge in [0.1, 0.15) is 23.0 Å². The molecule has 22 heteroatoms. The molecule has 0 aliphatic carbocycles. The normalized spacial score (nSPS) is 11.1. The molecule has 0 bridgehead atoms. The van der Waals surface area contributed by atoms with Crippen molar-refractivity contribution in [1.29, 1.82) is 0 Å². The highest BCUT2D eigenvalue weighted by Crippen LogP contribution is 2.32. The molecular weight excluding hydrogens is 676 g/mol. The number of nitrogens with zero attached hydrogens (tertiary/aromatic N) is 4. The van der Waals surface area contributed by atoms with Gasteiger partial charge in [-0.05, 0) is 34.7 Å². The molecule has 0 spiro atoms. The van der Waals surface area contributed by atoms with Crippen LogP contribution in [0, 0.1) is 0 Å². The first-order valence-electron chi connectivity index (χ1n) is 13.4. The Kier molecular flexibility index (Phi) is 20.9. The van der Waals surface area contributed by atoms with E-state index in [1.165, 1.54) is 27.8 Å². The van der Waals surface area contributed by atoms with Gasteiger partial charge in [0.2, 0.25) is 5.78 Å². The molecule has 14 nitrogen and oxygen atoms in total. The van der Waals surface area contributed by atoms with E-state index >= 15 is 0 Å². The molecule has 2 aromatic heterocycles. The fourth-order valence-electron chi connectivity index (χ4n) is 2.89. The van der Waals surface area contributed by atoms with Gasteiger partial charge in [-0.15, -0.1) is 0 Å². The highest BCUT2D eigenvalue weighted by molar-refractivity contribution is 6.18. The van der Waals surface area contributed by atoms with Gasteiger partial charge in [0.25, 0.3) is 0 Å². The summed E-state index contributed by atoms with van der Waals surface area (Å²) in [5.74, 6) is -0.131. The summed E-state index contributed by atoms with van der Waals surface area (Å²) in [6, 6.07) is 0. The number of hydrogen-bond donors (Lipinski definition) is 2. The lowest BCUT2D eigenvalue weighted by atomic mass is 10.2. The number of carbonyl (C=O) groups is 4. The summed E-state index contributed by atoms with van der Waals surface area (Å²) >= 11 is 0. The molecule has 2 heterocycles. The first kappa shape index (κ1) is 45.5. The summed E-state index contributed by atoms with van der Waals surface area (Å²) < 4.78 is 118. The number of alkyl halides is 8. The lowest BCUT2D eigenvalue weighted by molar-refractivity contribution is -0.144. The third-order valence-electron chi connectivity index (χ3n) is 4.62. The second kappa shape index (κ2) is 22.1. The topological polar surface area (TPSA) is 179 Å². The molecule has 274 valence electrons. The number of ether oxygens (including phenoxy) is 4. The number of nitrogens with two attached hydrogens (primary N) is 1. The maximum Gasteiger partial charge on any atom is 0.436 e. The van der Waals surface area contributed by atoms with Crippen LogP contribution in [0.25, 0.3) is 0 Å². The van der Waals surface area contributed by atoms with E-state index in [9.17, 15) is 54.3 Å². The molecule has 0 saturated heterocycles. The first-order valence-corrected chi connectivity index (χ1v) is 13.4. The van der Waals surface area contributed by atoms with Crippen LogP contribution in [0.15, 0.2) is 24.2 Å². The zero-order valence-corrected chi connectivity index (χ0v) is 26.8. The van der Waals surface area contributed by atoms with Gasteiger partial charge in [0.05, 0.1) is 32.6 Å². The molecule has 0 fully saturated rings. The Morgan fingerprint density at radius 1 is 0.875 bits per heavy atom. The zero-order valence-electron chi connectivity index (χ0n) is 26.8. The van der Waals surface area contributed by atoms with Crippen molar-refractivity contribution in [3.63, 3.8) is 0 Å². The lowest BCUT2D eigenvalue weighted by Gasteiger charge is -2.08. The SMILES string of the molecule is CCOC(=O)c1cn(C)nc1C(F)(F)F.CCOC(=O)c1cnn(C)c1C(F)(F)F.CCOC=C(C(=O)OCC)C(=O)C(F)F.CNN. The summed E-state index contributed by atoms with van der Waals surface area (Å²) in [5.41, 5.74) is -1.96. The third kappa shape index (κ3) is 15.8. The van der Waals surface area contributed by atoms with E-state index in [0.29, 0.717) is 10.9 Å². The number of ketones is 1. The van der Waals surface area contributed by atoms with Crippen molar-refractivity contribution in [3.8, 4) is 0 Å². The number of hydrogen-bond acceptors (Lipinski definition) is 12. The van der Waals surface area contributed by atoms with Crippen LogP contribution in [-0.2, 0) is 55.0 Å². The van der Waals surface area contributed by atoms with Crippen molar-refractivity contribution in [2.24, 2.45) is 19.9 Å². The second-order valence-corrected chi connectivity index (χ2v) is 8.19. The Labute approximate surface area is 269 Å². The summed E-state index contributed by atoms with van der Waals surface area (Å²) in [6.07, 6.45) is -9.98. The van der Waals surface area contributed by atoms with Gasteiger partial charge in [-0.1, -0.05) is 0 Å². The van der Waals surface area contributed by atoms with Crippen molar-refractivity contribution in [3.05, 3.63) is 46.7 Å². The zero-order chi connectivity index (χ0) is 37.8. The van der Waals surface area contributed by atoms with Crippen LogP contribution in [0.2, 0.25) is 0 Å². The average molecular weight is 713 g/mol. The molecule has 2 aromatic rings. The largest absolute Gasteiger partial charge is 0.500 e. The fraction of sp³-hybridized carbons (Fsp3) is 0.538. The van der Waals surface area contributed by atoms with Gasteiger partial charge in [0, 0.05) is 20.3 Å². The van der Waals surface area contributed by atoms with Gasteiger partial charge in [-0.25, -0.2) is 23.2 Å². The van der Waals surface area contributed by atoms with Crippen molar-refractivity contribution in [2.75, 3.05) is 33.5 Å². The van der Waals surface area contributed by atoms with Gasteiger partial charge in [-0.2, -0.15) is 36.5 Å². The van der Waals surface area contributed by atoms with E-state index in [-0.39, 0.29) is 26.4 Å². The molecule has 0 atom stereocenters. The quantitative estimate of drug-likeness (QED) is 0.0422. The number of hydrazine groups is 1. The number of aryl methyl sites for hydroxylation is 2. The highest BCUT2D eigenvalue weighted by atomic mass is 19.4. The summed E-state index contributed by atoms with van der Waals surface area (Å²) in [5, 5.41) is 6.56. The van der Waals surface area contributed by atoms with Crippen LogP contribution in [0.1, 0.15) is 59.8 Å². The maximum absolute atomic E-state index is 12.5. The molecule has 0 aromatic carbocycles. The molecule has 48 heavy (non-hydrogen) atoms. The van der Waals surface area contributed by atoms with Crippen LogP contribution in [-0.4, -0.2) is 83.2 Å². The number of rotatable bonds is 10. The predicted octanol–water partition coefficient (Wildman–Crippen LogP) is 3.61. The number of nitrogens with one attached hydrogen (secondary N) is 1.